The van der Waals surface area contributed by atoms with E-state index in [1.807, 2.05) is 13.0 Å². The maximum Gasteiger partial charge on any atom is 0.322 e. The number of aromatic nitrogens is 2. The van der Waals surface area contributed by atoms with E-state index in [0.29, 0.717) is 49.7 Å². The summed E-state index contributed by atoms with van der Waals surface area (Å²) in [6.45, 7) is 4.44. The Hall–Kier alpha value is -3.06. The van der Waals surface area contributed by atoms with Gasteiger partial charge in [0.25, 0.3) is 5.56 Å². The summed E-state index contributed by atoms with van der Waals surface area (Å²) in [6.07, 6.45) is 2.74. The number of nitrogens with one attached hydrogen (secondary N) is 1. The van der Waals surface area contributed by atoms with Crippen LogP contribution in [0.1, 0.15) is 45.0 Å². The molecule has 4 rings (SSSR count). The topological polar surface area (TPSA) is 67.2 Å². The van der Waals surface area contributed by atoms with Crippen molar-refractivity contribution in [2.45, 2.75) is 39.2 Å². The molecule has 1 unspecified atom stereocenters. The molecule has 0 fully saturated rings. The Morgan fingerprint density at radius 3 is 2.41 bits per heavy atom. The average molecular weight is 558 g/mol. The average Bonchev–Trinajstić information content (AvgIpc) is 2.88. The van der Waals surface area contributed by atoms with Gasteiger partial charge in [-0.05, 0) is 67.9 Å². The quantitative estimate of drug-likeness (QED) is 0.222. The molecule has 6 nitrogen and oxygen atoms in total. The second-order valence-corrected chi connectivity index (χ2v) is 10.0. The highest BCUT2D eigenvalue weighted by Crippen LogP contribution is 2.28. The van der Waals surface area contributed by atoms with E-state index in [1.54, 1.807) is 70.1 Å². The van der Waals surface area contributed by atoms with Gasteiger partial charge < -0.3 is 10.2 Å². The normalized spacial score (nSPS) is 11.9. The Morgan fingerprint density at radius 2 is 1.70 bits per heavy atom. The number of carbonyl (C=O) groups excluding carboxylic acids is 1. The molecule has 0 aliphatic carbocycles. The van der Waals surface area contributed by atoms with Crippen molar-refractivity contribution in [2.24, 2.45) is 0 Å². The zero-order valence-corrected chi connectivity index (χ0v) is 22.8. The Bertz CT molecular complexity index is 1470. The summed E-state index contributed by atoms with van der Waals surface area (Å²) in [6, 6.07) is 18.2. The van der Waals surface area contributed by atoms with Crippen molar-refractivity contribution in [3.8, 4) is 5.69 Å². The van der Waals surface area contributed by atoms with Gasteiger partial charge in [0.15, 0.2) is 0 Å². The number of benzene rings is 3. The van der Waals surface area contributed by atoms with Crippen LogP contribution < -0.4 is 10.9 Å². The molecule has 1 N–H and O–H groups in total. The van der Waals surface area contributed by atoms with Gasteiger partial charge in [0.2, 0.25) is 0 Å². The highest BCUT2D eigenvalue weighted by Gasteiger charge is 2.27. The van der Waals surface area contributed by atoms with E-state index < -0.39 is 6.04 Å². The number of anilines is 1. The monoisotopic (exact) mass is 556 g/mol. The SMILES string of the molecule is CCCCCN(C(=O)Nc1ccc(Cl)cc1Cl)C(C)c1nc2ccccc2c(=O)n1-c1ccc(Cl)cc1. The van der Waals surface area contributed by atoms with Crippen molar-refractivity contribution < 1.29 is 4.79 Å². The summed E-state index contributed by atoms with van der Waals surface area (Å²) in [4.78, 5) is 33.8. The summed E-state index contributed by atoms with van der Waals surface area (Å²) in [7, 11) is 0. The molecule has 1 aromatic heterocycles. The number of rotatable bonds is 8. The van der Waals surface area contributed by atoms with Gasteiger partial charge in [-0.15, -0.1) is 0 Å². The molecule has 3 aromatic carbocycles. The Balaban J connectivity index is 1.81. The third-order valence-corrected chi connectivity index (χ3v) is 6.96. The van der Waals surface area contributed by atoms with E-state index in [2.05, 4.69) is 12.2 Å². The number of carbonyl (C=O) groups is 1. The van der Waals surface area contributed by atoms with Crippen molar-refractivity contribution in [3.63, 3.8) is 0 Å². The number of halogens is 3. The maximum absolute atomic E-state index is 13.7. The summed E-state index contributed by atoms with van der Waals surface area (Å²) < 4.78 is 1.55. The van der Waals surface area contributed by atoms with Crippen molar-refractivity contribution in [2.75, 3.05) is 11.9 Å². The number of hydrogen-bond acceptors (Lipinski definition) is 3. The molecule has 1 atom stereocenters. The first kappa shape index (κ1) is 27.0. The van der Waals surface area contributed by atoms with E-state index in [9.17, 15) is 9.59 Å². The highest BCUT2D eigenvalue weighted by atomic mass is 35.5. The van der Waals surface area contributed by atoms with Gasteiger partial charge in [-0.25, -0.2) is 9.78 Å². The fourth-order valence-corrected chi connectivity index (χ4v) is 4.77. The number of fused-ring (bicyclic) bond motifs is 1. The van der Waals surface area contributed by atoms with Crippen LogP contribution in [0.5, 0.6) is 0 Å². The second kappa shape index (κ2) is 12.0. The van der Waals surface area contributed by atoms with Gasteiger partial charge >= 0.3 is 6.03 Å². The predicted octanol–water partition coefficient (Wildman–Crippen LogP) is 8.13. The molecular weight excluding hydrogens is 531 g/mol. The van der Waals surface area contributed by atoms with Crippen LogP contribution in [0.3, 0.4) is 0 Å². The van der Waals surface area contributed by atoms with Gasteiger partial charge in [-0.1, -0.05) is 66.7 Å². The van der Waals surface area contributed by atoms with E-state index in [-0.39, 0.29) is 11.6 Å². The maximum atomic E-state index is 13.7. The summed E-state index contributed by atoms with van der Waals surface area (Å²) >= 11 is 18.5. The first-order valence-electron chi connectivity index (χ1n) is 12.1. The molecule has 9 heteroatoms. The molecule has 0 radical (unpaired) electrons. The fraction of sp³-hybridized carbons (Fsp3) is 0.250. The number of urea groups is 1. The number of unbranched alkanes of at least 4 members (excludes halogenated alkanes) is 2. The minimum absolute atomic E-state index is 0.218. The van der Waals surface area contributed by atoms with Crippen LogP contribution >= 0.6 is 34.8 Å². The molecular formula is C28H27Cl3N4O2. The van der Waals surface area contributed by atoms with Crippen LogP contribution in [0.4, 0.5) is 10.5 Å². The highest BCUT2D eigenvalue weighted by molar-refractivity contribution is 6.36. The predicted molar refractivity (Wildman–Crippen MR) is 152 cm³/mol. The molecule has 2 amide bonds. The van der Waals surface area contributed by atoms with E-state index >= 15 is 0 Å². The summed E-state index contributed by atoms with van der Waals surface area (Å²) in [5, 5.41) is 4.76. The number of nitrogens with zero attached hydrogens (tertiary/aromatic N) is 3. The fourth-order valence-electron chi connectivity index (χ4n) is 4.19. The summed E-state index contributed by atoms with van der Waals surface area (Å²) in [5.74, 6) is 0.444. The zero-order chi connectivity index (χ0) is 26.5. The zero-order valence-electron chi connectivity index (χ0n) is 20.5. The Kier molecular flexibility index (Phi) is 8.75. The first-order valence-corrected chi connectivity index (χ1v) is 13.2. The van der Waals surface area contributed by atoms with Crippen LogP contribution in [0, 0.1) is 0 Å². The molecule has 1 heterocycles. The molecule has 0 bridgehead atoms. The number of hydrogen-bond donors (Lipinski definition) is 1. The molecule has 37 heavy (non-hydrogen) atoms. The summed E-state index contributed by atoms with van der Waals surface area (Å²) in [5.41, 5.74) is 1.41. The van der Waals surface area contributed by atoms with E-state index in [0.717, 1.165) is 19.3 Å². The standard InChI is InChI=1S/C28H27Cl3N4O2/c1-3-4-7-16-34(28(37)33-25-15-12-20(30)17-23(25)31)18(2)26-32-24-9-6-5-8-22(24)27(36)35(26)21-13-10-19(29)11-14-21/h5-6,8-15,17-18H,3-4,7,16H2,1-2H3,(H,33,37). The molecule has 192 valence electrons. The van der Waals surface area contributed by atoms with Gasteiger partial charge in [0, 0.05) is 16.6 Å². The van der Waals surface area contributed by atoms with Crippen LogP contribution in [-0.2, 0) is 0 Å². The molecule has 0 saturated carbocycles. The van der Waals surface area contributed by atoms with Gasteiger partial charge in [-0.2, -0.15) is 0 Å². The van der Waals surface area contributed by atoms with E-state index in [4.69, 9.17) is 39.8 Å². The molecule has 4 aromatic rings. The van der Waals surface area contributed by atoms with Crippen molar-refractivity contribution in [1.29, 1.82) is 0 Å². The van der Waals surface area contributed by atoms with E-state index in [1.165, 1.54) is 0 Å². The third-order valence-electron chi connectivity index (χ3n) is 6.16. The minimum atomic E-state index is -0.545. The lowest BCUT2D eigenvalue weighted by Crippen LogP contribution is -2.40. The molecule has 0 saturated heterocycles. The lowest BCUT2D eigenvalue weighted by atomic mass is 10.1. The van der Waals surface area contributed by atoms with Crippen LogP contribution in [-0.4, -0.2) is 27.0 Å². The van der Waals surface area contributed by atoms with Gasteiger partial charge in [0.1, 0.15) is 5.82 Å². The third kappa shape index (κ3) is 6.09. The smallest absolute Gasteiger partial charge is 0.315 e. The Morgan fingerprint density at radius 1 is 1.00 bits per heavy atom. The van der Waals surface area contributed by atoms with Gasteiger partial charge in [0.05, 0.1) is 33.3 Å². The van der Waals surface area contributed by atoms with Crippen LogP contribution in [0.25, 0.3) is 16.6 Å². The molecule has 0 spiro atoms. The van der Waals surface area contributed by atoms with Crippen molar-refractivity contribution in [3.05, 3.63) is 98.0 Å². The lowest BCUT2D eigenvalue weighted by molar-refractivity contribution is 0.187. The molecule has 0 aliphatic heterocycles. The Labute approximate surface area is 230 Å². The second-order valence-electron chi connectivity index (χ2n) is 8.73. The van der Waals surface area contributed by atoms with Crippen LogP contribution in [0.2, 0.25) is 15.1 Å². The molecule has 0 aliphatic rings. The lowest BCUT2D eigenvalue weighted by Gasteiger charge is -2.31. The van der Waals surface area contributed by atoms with Crippen LogP contribution in [0.15, 0.2) is 71.5 Å². The largest absolute Gasteiger partial charge is 0.322 e. The van der Waals surface area contributed by atoms with Gasteiger partial charge in [-0.3, -0.25) is 9.36 Å². The number of amides is 2. The first-order chi connectivity index (χ1) is 17.8. The van der Waals surface area contributed by atoms with Crippen molar-refractivity contribution in [1.82, 2.24) is 14.5 Å². The minimum Gasteiger partial charge on any atom is -0.315 e. The van der Waals surface area contributed by atoms with Crippen molar-refractivity contribution >= 4 is 57.4 Å². The number of para-hydroxylation sites is 1.